The van der Waals surface area contributed by atoms with Crippen molar-refractivity contribution in [1.82, 2.24) is 10.3 Å². The van der Waals surface area contributed by atoms with E-state index in [0.717, 1.165) is 81.0 Å². The van der Waals surface area contributed by atoms with Gasteiger partial charge in [-0.1, -0.05) is 32.4 Å². The summed E-state index contributed by atoms with van der Waals surface area (Å²) < 4.78 is 17.6. The normalized spacial score (nSPS) is 35.3. The van der Waals surface area contributed by atoms with Gasteiger partial charge in [0.25, 0.3) is 0 Å². The largest absolute Gasteiger partial charge is 0.469 e. The van der Waals surface area contributed by atoms with Crippen molar-refractivity contribution in [2.24, 2.45) is 46.3 Å². The fourth-order valence-corrected chi connectivity index (χ4v) is 11.6. The predicted octanol–water partition coefficient (Wildman–Crippen LogP) is 7.59. The molecule has 9 nitrogen and oxygen atoms in total. The van der Waals surface area contributed by atoms with Gasteiger partial charge < -0.3 is 24.8 Å². The molecule has 10 heteroatoms. The molecule has 1 aromatic heterocycles. The molecule has 1 unspecified atom stereocenters. The molecule has 1 heterocycles. The number of esters is 3. The zero-order valence-electron chi connectivity index (χ0n) is 30.6. The number of carbonyl (C=O) groups excluding carboxylic acids is 3. The minimum absolute atomic E-state index is 0.0588. The van der Waals surface area contributed by atoms with E-state index in [1.165, 1.54) is 21.0 Å². The summed E-state index contributed by atoms with van der Waals surface area (Å²) in [6, 6.07) is 8.17. The maximum absolute atomic E-state index is 12.7. The van der Waals surface area contributed by atoms with Crippen LogP contribution in [0.15, 0.2) is 30.5 Å². The SMILES string of the molecule is COC(=O)CCC(C)[C@H]1CC[C@H]2[C@@H]3[C@H](OC(C)=O)C[C@@H]4C[C@H](NCCNc5ccnc6cc(Cl)ccc56)CC[C@]4(C)[C@H]3C[C@H](OC(C)=O)[C@]12C. The number of aromatic nitrogens is 1. The second-order valence-electron chi connectivity index (χ2n) is 16.2. The zero-order valence-corrected chi connectivity index (χ0v) is 31.4. The van der Waals surface area contributed by atoms with E-state index in [9.17, 15) is 14.4 Å². The predicted molar refractivity (Wildman–Crippen MR) is 195 cm³/mol. The molecule has 0 aliphatic heterocycles. The van der Waals surface area contributed by atoms with Gasteiger partial charge in [0.15, 0.2) is 0 Å². The van der Waals surface area contributed by atoms with Crippen molar-refractivity contribution in [1.29, 1.82) is 0 Å². The third kappa shape index (κ3) is 7.10. The number of fused-ring (bicyclic) bond motifs is 6. The maximum atomic E-state index is 12.7. The van der Waals surface area contributed by atoms with E-state index in [-0.39, 0.29) is 64.6 Å². The smallest absolute Gasteiger partial charge is 0.305 e. The van der Waals surface area contributed by atoms with E-state index in [1.807, 2.05) is 30.5 Å². The van der Waals surface area contributed by atoms with Crippen LogP contribution in [0, 0.1) is 46.3 Å². The van der Waals surface area contributed by atoms with Crippen LogP contribution in [0.4, 0.5) is 5.69 Å². The van der Waals surface area contributed by atoms with Gasteiger partial charge in [-0.3, -0.25) is 19.4 Å². The van der Waals surface area contributed by atoms with Crippen LogP contribution < -0.4 is 10.6 Å². The monoisotopic (exact) mass is 709 g/mol. The first-order chi connectivity index (χ1) is 23.8. The maximum Gasteiger partial charge on any atom is 0.305 e. The Hall–Kier alpha value is -2.91. The lowest BCUT2D eigenvalue weighted by Gasteiger charge is -2.64. The molecule has 2 aromatic rings. The van der Waals surface area contributed by atoms with Gasteiger partial charge in [0, 0.05) is 73.0 Å². The van der Waals surface area contributed by atoms with Gasteiger partial charge >= 0.3 is 17.9 Å². The van der Waals surface area contributed by atoms with Crippen LogP contribution in [-0.4, -0.2) is 61.3 Å². The summed E-state index contributed by atoms with van der Waals surface area (Å²) in [5, 5.41) is 9.15. The number of rotatable bonds is 11. The number of methoxy groups -OCH3 is 1. The Balaban J connectivity index is 1.17. The Morgan fingerprint density at radius 2 is 1.78 bits per heavy atom. The molecule has 4 aliphatic rings. The highest BCUT2D eigenvalue weighted by Gasteiger charge is 2.67. The number of carbonyl (C=O) groups is 3. The molecule has 1 aromatic carbocycles. The lowest BCUT2D eigenvalue weighted by molar-refractivity contribution is -0.220. The lowest BCUT2D eigenvalue weighted by Crippen LogP contribution is -2.64. The van der Waals surface area contributed by atoms with Crippen LogP contribution in [0.25, 0.3) is 10.9 Å². The summed E-state index contributed by atoms with van der Waals surface area (Å²) in [5.41, 5.74) is 1.72. The van der Waals surface area contributed by atoms with E-state index in [2.05, 4.69) is 36.4 Å². The molecule has 50 heavy (non-hydrogen) atoms. The van der Waals surface area contributed by atoms with Gasteiger partial charge in [0.1, 0.15) is 12.2 Å². The van der Waals surface area contributed by atoms with Gasteiger partial charge in [0.05, 0.1) is 12.6 Å². The lowest BCUT2D eigenvalue weighted by atomic mass is 9.43. The summed E-state index contributed by atoms with van der Waals surface area (Å²) >= 11 is 6.18. The third-order valence-electron chi connectivity index (χ3n) is 13.7. The highest BCUT2D eigenvalue weighted by molar-refractivity contribution is 6.31. The molecule has 0 spiro atoms. The standard InChI is InChI=1S/C40H56ClN3O6/c1-23(7-12-37(47)48-6)30-10-11-31-38-32(22-36(40(30,31)5)50-25(3)46)39(4)15-13-28(19-26(39)20-35(38)49-24(2)45)42-17-18-44-33-14-16-43-34-21-27(41)8-9-29(33)34/h8-9,14,16,21,23,26,28,30-32,35-36,38,42H,7,10-13,15,17-20,22H2,1-6H3,(H,43,44)/t23?,26-,28+,30+,31-,32-,35+,36-,38-,39-,40+/m0/s1. The summed E-state index contributed by atoms with van der Waals surface area (Å²) in [7, 11) is 1.44. The molecule has 0 saturated heterocycles. The Morgan fingerprint density at radius 1 is 1.00 bits per heavy atom. The molecular formula is C40H56ClN3O6. The number of benzene rings is 1. The number of nitrogens with one attached hydrogen (secondary N) is 2. The van der Waals surface area contributed by atoms with Crippen molar-refractivity contribution in [3.63, 3.8) is 0 Å². The quantitative estimate of drug-likeness (QED) is 0.138. The molecule has 2 N–H and O–H groups in total. The Labute approximate surface area is 302 Å². The van der Waals surface area contributed by atoms with Crippen LogP contribution in [-0.2, 0) is 28.6 Å². The molecule has 0 radical (unpaired) electrons. The molecule has 4 aliphatic carbocycles. The van der Waals surface area contributed by atoms with Gasteiger partial charge in [-0.25, -0.2) is 0 Å². The first kappa shape index (κ1) is 36.9. The fourth-order valence-electron chi connectivity index (χ4n) is 11.4. The molecule has 0 bridgehead atoms. The Morgan fingerprint density at radius 3 is 2.52 bits per heavy atom. The summed E-state index contributed by atoms with van der Waals surface area (Å²) in [5.74, 6) is 1.08. The van der Waals surface area contributed by atoms with Gasteiger partial charge in [-0.2, -0.15) is 0 Å². The average molecular weight is 710 g/mol. The topological polar surface area (TPSA) is 116 Å². The minimum Gasteiger partial charge on any atom is -0.469 e. The van der Waals surface area contributed by atoms with Crippen molar-refractivity contribution >= 4 is 46.1 Å². The van der Waals surface area contributed by atoms with Crippen LogP contribution in [0.1, 0.15) is 92.4 Å². The Bertz CT molecular complexity index is 1570. The molecular weight excluding hydrogens is 654 g/mol. The zero-order chi connectivity index (χ0) is 35.8. The molecule has 0 amide bonds. The highest BCUT2D eigenvalue weighted by atomic mass is 35.5. The summed E-state index contributed by atoms with van der Waals surface area (Å²) in [4.78, 5) is 41.8. The van der Waals surface area contributed by atoms with Gasteiger partial charge in [-0.05, 0) is 111 Å². The Kier molecular flexibility index (Phi) is 11.0. The van der Waals surface area contributed by atoms with Crippen LogP contribution in [0.3, 0.4) is 0 Å². The van der Waals surface area contributed by atoms with Crippen LogP contribution in [0.5, 0.6) is 0 Å². The molecule has 4 fully saturated rings. The van der Waals surface area contributed by atoms with Crippen LogP contribution >= 0.6 is 11.6 Å². The van der Waals surface area contributed by atoms with Crippen molar-refractivity contribution in [2.75, 3.05) is 25.5 Å². The number of hydrogen-bond donors (Lipinski definition) is 2. The first-order valence-corrected chi connectivity index (χ1v) is 19.2. The second-order valence-corrected chi connectivity index (χ2v) is 16.7. The van der Waals surface area contributed by atoms with Crippen molar-refractivity contribution in [3.8, 4) is 0 Å². The number of pyridine rings is 1. The van der Waals surface area contributed by atoms with E-state index >= 15 is 0 Å². The molecule has 11 atom stereocenters. The first-order valence-electron chi connectivity index (χ1n) is 18.8. The summed E-state index contributed by atoms with van der Waals surface area (Å²) in [6.45, 7) is 11.7. The molecule has 4 saturated carbocycles. The number of nitrogens with zero attached hydrogens (tertiary/aromatic N) is 1. The molecule has 6 rings (SSSR count). The van der Waals surface area contributed by atoms with Crippen molar-refractivity contribution in [3.05, 3.63) is 35.5 Å². The third-order valence-corrected chi connectivity index (χ3v) is 14.0. The van der Waals surface area contributed by atoms with E-state index in [0.29, 0.717) is 29.3 Å². The van der Waals surface area contributed by atoms with E-state index in [1.54, 1.807) is 0 Å². The van der Waals surface area contributed by atoms with Crippen molar-refractivity contribution < 1.29 is 28.6 Å². The summed E-state index contributed by atoms with van der Waals surface area (Å²) in [6.07, 6.45) is 9.44. The van der Waals surface area contributed by atoms with E-state index in [4.69, 9.17) is 25.8 Å². The van der Waals surface area contributed by atoms with Crippen molar-refractivity contribution in [2.45, 2.75) is 111 Å². The average Bonchev–Trinajstić information content (AvgIpc) is 3.43. The number of halogens is 1. The second kappa shape index (κ2) is 15.0. The van der Waals surface area contributed by atoms with Gasteiger partial charge in [0.2, 0.25) is 0 Å². The number of hydrogen-bond acceptors (Lipinski definition) is 9. The number of anilines is 1. The number of ether oxygens (including phenoxy) is 3. The minimum atomic E-state index is -0.262. The fraction of sp³-hybridized carbons (Fsp3) is 0.700. The van der Waals surface area contributed by atoms with E-state index < -0.39 is 0 Å². The highest BCUT2D eigenvalue weighted by Crippen LogP contribution is 2.69. The molecule has 274 valence electrons. The van der Waals surface area contributed by atoms with Gasteiger partial charge in [-0.15, -0.1) is 0 Å². The van der Waals surface area contributed by atoms with Crippen LogP contribution in [0.2, 0.25) is 5.02 Å².